The predicted octanol–water partition coefficient (Wildman–Crippen LogP) is 4.95. The molecule has 5 rings (SSSR count). The second-order valence-electron chi connectivity index (χ2n) is 7.81. The van der Waals surface area contributed by atoms with Crippen LogP contribution in [-0.2, 0) is 6.54 Å². The molecular formula is C24H25N3OS. The van der Waals surface area contributed by atoms with Gasteiger partial charge >= 0.3 is 0 Å². The van der Waals surface area contributed by atoms with Crippen molar-refractivity contribution < 1.29 is 0 Å². The maximum absolute atomic E-state index is 13.2. The fraction of sp³-hybridized carbons (Fsp3) is 0.333. The van der Waals surface area contributed by atoms with Crippen molar-refractivity contribution in [1.82, 2.24) is 14.5 Å². The van der Waals surface area contributed by atoms with E-state index in [9.17, 15) is 4.79 Å². The molecule has 0 saturated carbocycles. The van der Waals surface area contributed by atoms with Crippen molar-refractivity contribution in [1.29, 1.82) is 0 Å². The molecule has 0 atom stereocenters. The van der Waals surface area contributed by atoms with Crippen molar-refractivity contribution in [2.45, 2.75) is 32.2 Å². The Labute approximate surface area is 174 Å². The van der Waals surface area contributed by atoms with Crippen LogP contribution in [0.25, 0.3) is 27.2 Å². The topological polar surface area (TPSA) is 38.1 Å². The standard InChI is InChI=1S/C24H25N3OS/c28-24-22-21(12-17-29-22)25-23(27(24)16-15-26-13-4-5-14-26)20-10-8-19(9-11-20)18-6-2-1-3-7-18/h1-2,6,8-12,17H,3-5,7,13-16H2. The van der Waals surface area contributed by atoms with Gasteiger partial charge in [-0.15, -0.1) is 11.3 Å². The lowest BCUT2D eigenvalue weighted by Gasteiger charge is -2.18. The maximum Gasteiger partial charge on any atom is 0.271 e. The number of thiophene rings is 1. The van der Waals surface area contributed by atoms with Gasteiger partial charge < -0.3 is 4.90 Å². The van der Waals surface area contributed by atoms with E-state index in [0.29, 0.717) is 6.54 Å². The highest BCUT2D eigenvalue weighted by Crippen LogP contribution is 2.27. The minimum Gasteiger partial charge on any atom is -0.302 e. The van der Waals surface area contributed by atoms with Crippen LogP contribution in [0.3, 0.4) is 0 Å². The molecule has 148 valence electrons. The molecule has 0 unspecified atom stereocenters. The van der Waals surface area contributed by atoms with Crippen LogP contribution in [0.1, 0.15) is 31.2 Å². The number of fused-ring (bicyclic) bond motifs is 1. The second kappa shape index (κ2) is 8.09. The third kappa shape index (κ3) is 3.72. The largest absolute Gasteiger partial charge is 0.302 e. The van der Waals surface area contributed by atoms with Gasteiger partial charge in [-0.1, -0.05) is 42.5 Å². The van der Waals surface area contributed by atoms with Gasteiger partial charge in [0, 0.05) is 18.7 Å². The molecule has 3 heterocycles. The average molecular weight is 404 g/mol. The summed E-state index contributed by atoms with van der Waals surface area (Å²) in [6, 6.07) is 10.5. The van der Waals surface area contributed by atoms with Crippen molar-refractivity contribution in [2.75, 3.05) is 19.6 Å². The Morgan fingerprint density at radius 2 is 1.79 bits per heavy atom. The number of allylic oxidation sites excluding steroid dienone is 4. The normalized spacial score (nSPS) is 17.2. The molecular weight excluding hydrogens is 378 g/mol. The fourth-order valence-corrected chi connectivity index (χ4v) is 5.07. The molecule has 2 aliphatic rings. The van der Waals surface area contributed by atoms with Crippen LogP contribution in [0, 0.1) is 0 Å². The van der Waals surface area contributed by atoms with Gasteiger partial charge in [-0.2, -0.15) is 0 Å². The molecule has 1 saturated heterocycles. The van der Waals surface area contributed by atoms with Crippen LogP contribution >= 0.6 is 11.3 Å². The van der Waals surface area contributed by atoms with Gasteiger partial charge in [0.1, 0.15) is 10.5 Å². The Kier molecular flexibility index (Phi) is 5.17. The average Bonchev–Trinajstić information content (AvgIpc) is 3.46. The molecule has 5 heteroatoms. The lowest BCUT2D eigenvalue weighted by Crippen LogP contribution is -2.30. The van der Waals surface area contributed by atoms with Gasteiger partial charge in [0.25, 0.3) is 5.56 Å². The van der Waals surface area contributed by atoms with Crippen molar-refractivity contribution in [3.63, 3.8) is 0 Å². The van der Waals surface area contributed by atoms with Crippen LogP contribution < -0.4 is 5.56 Å². The summed E-state index contributed by atoms with van der Waals surface area (Å²) in [4.78, 5) is 20.5. The van der Waals surface area contributed by atoms with E-state index in [0.717, 1.165) is 54.1 Å². The van der Waals surface area contributed by atoms with E-state index >= 15 is 0 Å². The monoisotopic (exact) mass is 403 g/mol. The first-order valence-electron chi connectivity index (χ1n) is 10.5. The zero-order valence-electron chi connectivity index (χ0n) is 16.5. The molecule has 0 amide bonds. The number of rotatable bonds is 5. The van der Waals surface area contributed by atoms with Gasteiger partial charge in [0.05, 0.1) is 5.52 Å². The third-order valence-electron chi connectivity index (χ3n) is 5.93. The SMILES string of the molecule is O=c1c2sccc2nc(-c2ccc(C3=CC=CCC3)cc2)n1CCN1CCCC1. The van der Waals surface area contributed by atoms with Gasteiger partial charge in [-0.3, -0.25) is 9.36 Å². The van der Waals surface area contributed by atoms with E-state index in [1.807, 2.05) is 16.0 Å². The minimum atomic E-state index is 0.0865. The molecule has 29 heavy (non-hydrogen) atoms. The fourth-order valence-electron chi connectivity index (χ4n) is 4.30. The summed E-state index contributed by atoms with van der Waals surface area (Å²) in [7, 11) is 0. The third-order valence-corrected chi connectivity index (χ3v) is 6.82. The lowest BCUT2D eigenvalue weighted by molar-refractivity contribution is 0.321. The summed E-state index contributed by atoms with van der Waals surface area (Å²) in [5.74, 6) is 0.782. The highest BCUT2D eigenvalue weighted by molar-refractivity contribution is 7.17. The van der Waals surface area contributed by atoms with Crippen molar-refractivity contribution >= 4 is 27.1 Å². The predicted molar refractivity (Wildman–Crippen MR) is 121 cm³/mol. The van der Waals surface area contributed by atoms with Crippen LogP contribution in [0.5, 0.6) is 0 Å². The van der Waals surface area contributed by atoms with E-state index in [1.54, 1.807) is 0 Å². The summed E-state index contributed by atoms with van der Waals surface area (Å²) in [6.45, 7) is 3.86. The van der Waals surface area contributed by atoms with Crippen molar-refractivity contribution in [2.24, 2.45) is 0 Å². The first-order chi connectivity index (χ1) is 14.3. The quantitative estimate of drug-likeness (QED) is 0.605. The van der Waals surface area contributed by atoms with Crippen LogP contribution in [0.4, 0.5) is 0 Å². The molecule has 3 aromatic rings. The molecule has 0 radical (unpaired) electrons. The van der Waals surface area contributed by atoms with Crippen LogP contribution in [0.15, 0.2) is 58.7 Å². The summed E-state index contributed by atoms with van der Waals surface area (Å²) < 4.78 is 2.64. The molecule has 0 spiro atoms. The number of benzene rings is 1. The summed E-state index contributed by atoms with van der Waals surface area (Å²) >= 11 is 1.49. The Morgan fingerprint density at radius 1 is 1.00 bits per heavy atom. The Hall–Kier alpha value is -2.50. The van der Waals surface area contributed by atoms with E-state index < -0.39 is 0 Å². The number of aromatic nitrogens is 2. The van der Waals surface area contributed by atoms with Crippen molar-refractivity contribution in [3.8, 4) is 11.4 Å². The van der Waals surface area contributed by atoms with Crippen molar-refractivity contribution in [3.05, 3.63) is 69.9 Å². The van der Waals surface area contributed by atoms with E-state index in [-0.39, 0.29) is 5.56 Å². The first-order valence-corrected chi connectivity index (χ1v) is 11.3. The Balaban J connectivity index is 1.52. The van der Waals surface area contributed by atoms with Gasteiger partial charge in [0.15, 0.2) is 0 Å². The van der Waals surface area contributed by atoms with Crippen LogP contribution in [-0.4, -0.2) is 34.1 Å². The Bertz CT molecular complexity index is 1130. The molecule has 0 N–H and O–H groups in total. The van der Waals surface area contributed by atoms with Crippen LogP contribution in [0.2, 0.25) is 0 Å². The molecule has 1 aromatic carbocycles. The summed E-state index contributed by atoms with van der Waals surface area (Å²) in [5.41, 5.74) is 4.51. The van der Waals surface area contributed by atoms with E-state index in [4.69, 9.17) is 4.98 Å². The molecule has 2 aromatic heterocycles. The smallest absolute Gasteiger partial charge is 0.271 e. The number of hydrogen-bond acceptors (Lipinski definition) is 4. The molecule has 1 aliphatic carbocycles. The molecule has 1 aliphatic heterocycles. The molecule has 4 nitrogen and oxygen atoms in total. The number of nitrogens with zero attached hydrogens (tertiary/aromatic N) is 3. The summed E-state index contributed by atoms with van der Waals surface area (Å²) in [5, 5.41) is 1.96. The van der Waals surface area contributed by atoms with E-state index in [2.05, 4.69) is 47.4 Å². The Morgan fingerprint density at radius 3 is 2.55 bits per heavy atom. The van der Waals surface area contributed by atoms with Gasteiger partial charge in [-0.05, 0) is 61.4 Å². The zero-order valence-corrected chi connectivity index (χ0v) is 17.3. The number of hydrogen-bond donors (Lipinski definition) is 0. The minimum absolute atomic E-state index is 0.0865. The summed E-state index contributed by atoms with van der Waals surface area (Å²) in [6.07, 6.45) is 11.2. The first kappa shape index (κ1) is 18.5. The molecule has 0 bridgehead atoms. The lowest BCUT2D eigenvalue weighted by atomic mass is 9.96. The van der Waals surface area contributed by atoms with Gasteiger partial charge in [-0.25, -0.2) is 4.98 Å². The van der Waals surface area contributed by atoms with E-state index in [1.165, 1.54) is 35.3 Å². The number of likely N-dealkylation sites (tertiary alicyclic amines) is 1. The van der Waals surface area contributed by atoms with Gasteiger partial charge in [0.2, 0.25) is 0 Å². The molecule has 1 fully saturated rings. The second-order valence-corrected chi connectivity index (χ2v) is 8.73. The maximum atomic E-state index is 13.2. The highest BCUT2D eigenvalue weighted by atomic mass is 32.1. The zero-order chi connectivity index (χ0) is 19.6. The highest BCUT2D eigenvalue weighted by Gasteiger charge is 2.17.